The zero-order chi connectivity index (χ0) is 11.5. The van der Waals surface area contributed by atoms with Crippen molar-refractivity contribution in [1.29, 1.82) is 0 Å². The van der Waals surface area contributed by atoms with E-state index in [2.05, 4.69) is 5.32 Å². The molecule has 1 aromatic rings. The van der Waals surface area contributed by atoms with Gasteiger partial charge >= 0.3 is 6.18 Å². The molecule has 15 heavy (non-hydrogen) atoms. The minimum atomic E-state index is -4.07. The molecule has 1 rings (SSSR count). The standard InChI is InChI=1S/C10H14F3NS/c1-7-8(4-6-15-7)9(14-2)3-5-10(11,12)13/h4,6,9,14H,3,5H2,1-2H3. The van der Waals surface area contributed by atoms with Crippen LogP contribution >= 0.6 is 11.3 Å². The quantitative estimate of drug-likeness (QED) is 0.842. The molecule has 1 atom stereocenters. The predicted molar refractivity (Wildman–Crippen MR) is 56.1 cm³/mol. The SMILES string of the molecule is CNC(CCC(F)(F)F)c1ccsc1C. The normalized spacial score (nSPS) is 14.2. The molecule has 5 heteroatoms. The Morgan fingerprint density at radius 1 is 1.47 bits per heavy atom. The van der Waals surface area contributed by atoms with Gasteiger partial charge in [-0.25, -0.2) is 0 Å². The second-order valence-corrected chi connectivity index (χ2v) is 4.55. The van der Waals surface area contributed by atoms with Crippen LogP contribution in [-0.4, -0.2) is 13.2 Å². The summed E-state index contributed by atoms with van der Waals surface area (Å²) in [5.74, 6) is 0. The lowest BCUT2D eigenvalue weighted by Gasteiger charge is -2.17. The molecule has 0 aliphatic heterocycles. The van der Waals surface area contributed by atoms with E-state index in [0.717, 1.165) is 10.4 Å². The minimum Gasteiger partial charge on any atom is -0.313 e. The van der Waals surface area contributed by atoms with Crippen molar-refractivity contribution in [1.82, 2.24) is 5.32 Å². The number of nitrogens with one attached hydrogen (secondary N) is 1. The molecule has 0 spiro atoms. The molecule has 0 fully saturated rings. The van der Waals surface area contributed by atoms with E-state index in [1.807, 2.05) is 18.4 Å². The van der Waals surface area contributed by atoms with Crippen molar-refractivity contribution in [2.24, 2.45) is 0 Å². The third-order valence-corrected chi connectivity index (χ3v) is 3.20. The molecule has 0 saturated heterocycles. The number of halogens is 3. The van der Waals surface area contributed by atoms with Crippen LogP contribution in [0.5, 0.6) is 0 Å². The first-order chi connectivity index (χ1) is 6.94. The van der Waals surface area contributed by atoms with Crippen molar-refractivity contribution in [2.75, 3.05) is 7.05 Å². The molecule has 0 aliphatic rings. The van der Waals surface area contributed by atoms with Crippen molar-refractivity contribution >= 4 is 11.3 Å². The molecule has 0 bridgehead atoms. The zero-order valence-electron chi connectivity index (χ0n) is 8.69. The summed E-state index contributed by atoms with van der Waals surface area (Å²) in [5, 5.41) is 4.83. The van der Waals surface area contributed by atoms with Crippen LogP contribution in [0.1, 0.15) is 29.3 Å². The van der Waals surface area contributed by atoms with Gasteiger partial charge in [-0.1, -0.05) is 0 Å². The van der Waals surface area contributed by atoms with Crippen molar-refractivity contribution in [3.8, 4) is 0 Å². The number of alkyl halides is 3. The Morgan fingerprint density at radius 3 is 2.53 bits per heavy atom. The molecular formula is C10H14F3NS. The Hall–Kier alpha value is -0.550. The maximum atomic E-state index is 12.1. The fourth-order valence-electron chi connectivity index (χ4n) is 1.52. The van der Waals surface area contributed by atoms with Gasteiger partial charge < -0.3 is 5.32 Å². The molecule has 1 nitrogen and oxygen atoms in total. The average Bonchev–Trinajstić information content (AvgIpc) is 2.52. The first kappa shape index (κ1) is 12.5. The summed E-state index contributed by atoms with van der Waals surface area (Å²) in [5.41, 5.74) is 0.978. The lowest BCUT2D eigenvalue weighted by Crippen LogP contribution is -2.19. The van der Waals surface area contributed by atoms with Crippen molar-refractivity contribution in [3.05, 3.63) is 21.9 Å². The first-order valence-electron chi connectivity index (χ1n) is 4.72. The highest BCUT2D eigenvalue weighted by Gasteiger charge is 2.28. The zero-order valence-corrected chi connectivity index (χ0v) is 9.50. The molecule has 0 radical (unpaired) electrons. The van der Waals surface area contributed by atoms with Crippen LogP contribution in [-0.2, 0) is 0 Å². The number of hydrogen-bond acceptors (Lipinski definition) is 2. The smallest absolute Gasteiger partial charge is 0.313 e. The minimum absolute atomic E-state index is 0.0948. The van der Waals surface area contributed by atoms with Crippen molar-refractivity contribution in [3.63, 3.8) is 0 Å². The summed E-state index contributed by atoms with van der Waals surface area (Å²) >= 11 is 1.56. The summed E-state index contributed by atoms with van der Waals surface area (Å²) in [6.45, 7) is 1.93. The Morgan fingerprint density at radius 2 is 2.13 bits per heavy atom. The van der Waals surface area contributed by atoms with Crippen LogP contribution in [0.4, 0.5) is 13.2 Å². The van der Waals surface area contributed by atoms with Gasteiger partial charge in [-0.15, -0.1) is 11.3 Å². The molecule has 0 saturated carbocycles. The van der Waals surface area contributed by atoms with Gasteiger partial charge in [-0.05, 0) is 37.4 Å². The molecule has 0 amide bonds. The summed E-state index contributed by atoms with van der Waals surface area (Å²) in [6, 6.07) is 1.69. The van der Waals surface area contributed by atoms with Gasteiger partial charge in [-0.3, -0.25) is 0 Å². The molecule has 0 aromatic carbocycles. The van der Waals surface area contributed by atoms with E-state index in [1.165, 1.54) is 0 Å². The Balaban J connectivity index is 2.61. The van der Waals surface area contributed by atoms with E-state index in [4.69, 9.17) is 0 Å². The van der Waals surface area contributed by atoms with E-state index in [1.54, 1.807) is 18.4 Å². The van der Waals surface area contributed by atoms with Gasteiger partial charge in [0.2, 0.25) is 0 Å². The maximum absolute atomic E-state index is 12.1. The molecule has 1 aromatic heterocycles. The van der Waals surface area contributed by atoms with Crippen LogP contribution in [0, 0.1) is 6.92 Å². The first-order valence-corrected chi connectivity index (χ1v) is 5.60. The predicted octanol–water partition coefficient (Wildman–Crippen LogP) is 3.66. The summed E-state index contributed by atoms with van der Waals surface area (Å²) in [4.78, 5) is 1.08. The highest BCUT2D eigenvalue weighted by Crippen LogP contribution is 2.30. The van der Waals surface area contributed by atoms with Crippen LogP contribution < -0.4 is 5.32 Å². The van der Waals surface area contributed by atoms with Crippen LogP contribution in [0.15, 0.2) is 11.4 Å². The third kappa shape index (κ3) is 3.83. The van der Waals surface area contributed by atoms with E-state index in [-0.39, 0.29) is 12.5 Å². The van der Waals surface area contributed by atoms with Gasteiger partial charge in [0.25, 0.3) is 0 Å². The van der Waals surface area contributed by atoms with E-state index >= 15 is 0 Å². The van der Waals surface area contributed by atoms with E-state index < -0.39 is 12.6 Å². The third-order valence-electron chi connectivity index (χ3n) is 2.34. The summed E-state index contributed by atoms with van der Waals surface area (Å²) in [6.07, 6.45) is -4.72. The van der Waals surface area contributed by atoms with Crippen molar-refractivity contribution in [2.45, 2.75) is 32.0 Å². The number of aryl methyl sites for hydroxylation is 1. The molecule has 1 N–H and O–H groups in total. The second-order valence-electron chi connectivity index (χ2n) is 3.43. The van der Waals surface area contributed by atoms with Gasteiger partial charge in [0.05, 0.1) is 0 Å². The Kier molecular flexibility index (Phi) is 4.16. The molecule has 1 unspecified atom stereocenters. The average molecular weight is 237 g/mol. The number of thiophene rings is 1. The summed E-state index contributed by atoms with van der Waals surface area (Å²) in [7, 11) is 1.69. The lowest BCUT2D eigenvalue weighted by molar-refractivity contribution is -0.136. The van der Waals surface area contributed by atoms with Crippen molar-refractivity contribution < 1.29 is 13.2 Å². The molecule has 86 valence electrons. The van der Waals surface area contributed by atoms with Gasteiger partial charge in [0, 0.05) is 17.3 Å². The van der Waals surface area contributed by atoms with Gasteiger partial charge in [-0.2, -0.15) is 13.2 Å². The molecule has 0 aliphatic carbocycles. The largest absolute Gasteiger partial charge is 0.389 e. The maximum Gasteiger partial charge on any atom is 0.389 e. The fraction of sp³-hybridized carbons (Fsp3) is 0.600. The number of rotatable bonds is 4. The lowest BCUT2D eigenvalue weighted by atomic mass is 10.0. The van der Waals surface area contributed by atoms with E-state index in [9.17, 15) is 13.2 Å². The van der Waals surface area contributed by atoms with E-state index in [0.29, 0.717) is 0 Å². The van der Waals surface area contributed by atoms with Crippen LogP contribution in [0.2, 0.25) is 0 Å². The second kappa shape index (κ2) is 4.99. The fourth-order valence-corrected chi connectivity index (χ4v) is 2.28. The number of hydrogen-bond donors (Lipinski definition) is 1. The van der Waals surface area contributed by atoms with Crippen LogP contribution in [0.25, 0.3) is 0 Å². The Labute approximate surface area is 91.3 Å². The topological polar surface area (TPSA) is 12.0 Å². The Bertz CT molecular complexity index is 306. The van der Waals surface area contributed by atoms with Gasteiger partial charge in [0.15, 0.2) is 0 Å². The molecule has 1 heterocycles. The summed E-state index contributed by atoms with van der Waals surface area (Å²) < 4.78 is 36.2. The highest BCUT2D eigenvalue weighted by molar-refractivity contribution is 7.10. The molecular weight excluding hydrogens is 223 g/mol. The van der Waals surface area contributed by atoms with Crippen LogP contribution in [0.3, 0.4) is 0 Å². The highest BCUT2D eigenvalue weighted by atomic mass is 32.1. The van der Waals surface area contributed by atoms with Gasteiger partial charge in [0.1, 0.15) is 0 Å². The monoisotopic (exact) mass is 237 g/mol.